The number of aromatic amines is 1. The monoisotopic (exact) mass is 559 g/mol. The fourth-order valence-corrected chi connectivity index (χ4v) is 3.84. The molecule has 0 amide bonds. The van der Waals surface area contributed by atoms with Gasteiger partial charge in [0, 0.05) is 23.5 Å². The summed E-state index contributed by atoms with van der Waals surface area (Å²) in [5.74, 6) is 1.40. The minimum Gasteiger partial charge on any atom is -0.488 e. The lowest BCUT2D eigenvalue weighted by molar-refractivity contribution is -0.0104. The predicted octanol–water partition coefficient (Wildman–Crippen LogP) is 4.66. The van der Waals surface area contributed by atoms with Crippen molar-refractivity contribution in [1.29, 1.82) is 0 Å². The van der Waals surface area contributed by atoms with Crippen LogP contribution >= 0.6 is 23.8 Å². The Labute approximate surface area is 230 Å². The molecule has 0 saturated carbocycles. The van der Waals surface area contributed by atoms with Gasteiger partial charge in [0.2, 0.25) is 0 Å². The number of aliphatic hydroxyl groups excluding tert-OH is 1. The Kier molecular flexibility index (Phi) is 10.3. The predicted molar refractivity (Wildman–Crippen MR) is 151 cm³/mol. The average Bonchev–Trinajstić information content (AvgIpc) is 3.52. The van der Waals surface area contributed by atoms with Gasteiger partial charge in [-0.15, -0.1) is 0 Å². The molecule has 1 aliphatic rings. The first-order valence-electron chi connectivity index (χ1n) is 11.8. The minimum atomic E-state index is -0.569. The van der Waals surface area contributed by atoms with Crippen LogP contribution in [0.5, 0.6) is 5.75 Å². The molecular formula is C27H30ClN3O6S. The lowest BCUT2D eigenvalue weighted by Crippen LogP contribution is -2.33. The van der Waals surface area contributed by atoms with Crippen molar-refractivity contribution in [3.8, 4) is 5.75 Å². The SMILES string of the molecule is CC(C)=CCOc1cc(NC(=S)c2ccoc2C)ccc1Cl.Cc1cn([C@H]2C=C[C@@H](CO)O2)c(=O)[nH]c1=O. The number of aromatic nitrogens is 2. The molecule has 2 aromatic heterocycles. The summed E-state index contributed by atoms with van der Waals surface area (Å²) in [7, 11) is 0. The van der Waals surface area contributed by atoms with Crippen molar-refractivity contribution in [2.75, 3.05) is 18.5 Å². The number of nitrogens with one attached hydrogen (secondary N) is 2. The molecule has 2 atom stereocenters. The molecule has 1 aromatic carbocycles. The molecule has 202 valence electrons. The summed E-state index contributed by atoms with van der Waals surface area (Å²) in [5.41, 5.74) is 2.40. The number of rotatable bonds is 7. The van der Waals surface area contributed by atoms with E-state index < -0.39 is 23.6 Å². The first kappa shape index (κ1) is 29.1. The highest BCUT2D eigenvalue weighted by Gasteiger charge is 2.21. The number of allylic oxidation sites excluding steroid dienone is 1. The maximum atomic E-state index is 11.5. The van der Waals surface area contributed by atoms with Gasteiger partial charge in [0.1, 0.15) is 29.2 Å². The Bertz CT molecular complexity index is 1450. The molecule has 38 heavy (non-hydrogen) atoms. The quantitative estimate of drug-likeness (QED) is 0.282. The summed E-state index contributed by atoms with van der Waals surface area (Å²) in [6.07, 6.45) is 7.43. The number of hydrogen-bond acceptors (Lipinski definition) is 7. The molecular weight excluding hydrogens is 530 g/mol. The topological polar surface area (TPSA) is 119 Å². The second-order valence-electron chi connectivity index (χ2n) is 8.69. The Hall–Kier alpha value is -3.44. The van der Waals surface area contributed by atoms with E-state index in [1.165, 1.54) is 16.3 Å². The van der Waals surface area contributed by atoms with Crippen LogP contribution in [-0.2, 0) is 4.74 Å². The highest BCUT2D eigenvalue weighted by Crippen LogP contribution is 2.28. The van der Waals surface area contributed by atoms with Gasteiger partial charge in [0.05, 0.1) is 23.5 Å². The molecule has 0 bridgehead atoms. The number of ether oxygens (including phenoxy) is 2. The Morgan fingerprint density at radius 1 is 1.26 bits per heavy atom. The number of H-pyrrole nitrogens is 1. The van der Waals surface area contributed by atoms with Crippen molar-refractivity contribution in [1.82, 2.24) is 9.55 Å². The fourth-order valence-electron chi connectivity index (χ4n) is 3.33. The van der Waals surface area contributed by atoms with Gasteiger partial charge < -0.3 is 24.3 Å². The molecule has 3 N–H and O–H groups in total. The van der Waals surface area contributed by atoms with Crippen LogP contribution in [0.3, 0.4) is 0 Å². The van der Waals surface area contributed by atoms with Gasteiger partial charge in [-0.1, -0.05) is 35.5 Å². The van der Waals surface area contributed by atoms with Crippen molar-refractivity contribution in [3.63, 3.8) is 0 Å². The van der Waals surface area contributed by atoms with Crippen LogP contribution in [0.2, 0.25) is 5.02 Å². The van der Waals surface area contributed by atoms with Gasteiger partial charge in [-0.3, -0.25) is 14.3 Å². The molecule has 3 heterocycles. The first-order chi connectivity index (χ1) is 18.1. The van der Waals surface area contributed by atoms with Crippen LogP contribution in [-0.4, -0.2) is 39.0 Å². The van der Waals surface area contributed by atoms with Gasteiger partial charge in [-0.2, -0.15) is 0 Å². The van der Waals surface area contributed by atoms with E-state index in [4.69, 9.17) is 42.8 Å². The summed E-state index contributed by atoms with van der Waals surface area (Å²) in [5, 5.41) is 12.6. The van der Waals surface area contributed by atoms with E-state index in [1.54, 1.807) is 31.4 Å². The number of furan rings is 1. The summed E-state index contributed by atoms with van der Waals surface area (Å²) >= 11 is 11.5. The van der Waals surface area contributed by atoms with Gasteiger partial charge in [0.15, 0.2) is 6.23 Å². The van der Waals surface area contributed by atoms with E-state index in [2.05, 4.69) is 10.3 Å². The molecule has 9 nitrogen and oxygen atoms in total. The number of aliphatic hydroxyl groups is 1. The second kappa shape index (κ2) is 13.4. The molecule has 0 saturated heterocycles. The van der Waals surface area contributed by atoms with Crippen molar-refractivity contribution in [2.24, 2.45) is 0 Å². The number of nitrogens with zero attached hydrogens (tertiary/aromatic N) is 1. The first-order valence-corrected chi connectivity index (χ1v) is 12.6. The zero-order valence-electron chi connectivity index (χ0n) is 21.5. The van der Waals surface area contributed by atoms with E-state index in [9.17, 15) is 9.59 Å². The van der Waals surface area contributed by atoms with Gasteiger partial charge in [-0.05, 0) is 58.0 Å². The third-order valence-electron chi connectivity index (χ3n) is 5.43. The molecule has 0 unspecified atom stereocenters. The van der Waals surface area contributed by atoms with Crippen molar-refractivity contribution < 1.29 is 19.0 Å². The Morgan fingerprint density at radius 3 is 2.66 bits per heavy atom. The molecule has 1 aliphatic heterocycles. The second-order valence-corrected chi connectivity index (χ2v) is 9.51. The normalized spacial score (nSPS) is 15.9. The van der Waals surface area contributed by atoms with E-state index >= 15 is 0 Å². The van der Waals surface area contributed by atoms with Crippen LogP contribution < -0.4 is 21.3 Å². The molecule has 0 fully saturated rings. The number of hydrogen-bond donors (Lipinski definition) is 3. The van der Waals surface area contributed by atoms with E-state index in [-0.39, 0.29) is 6.61 Å². The smallest absolute Gasteiger partial charge is 0.330 e. The highest BCUT2D eigenvalue weighted by molar-refractivity contribution is 7.81. The van der Waals surface area contributed by atoms with E-state index in [0.717, 1.165) is 17.0 Å². The molecule has 0 radical (unpaired) electrons. The molecule has 4 rings (SSSR count). The zero-order chi connectivity index (χ0) is 27.8. The van der Waals surface area contributed by atoms with Crippen LogP contribution in [0.1, 0.15) is 37.0 Å². The molecule has 11 heteroatoms. The van der Waals surface area contributed by atoms with E-state index in [1.807, 2.05) is 45.0 Å². The van der Waals surface area contributed by atoms with E-state index in [0.29, 0.717) is 27.9 Å². The van der Waals surface area contributed by atoms with Crippen LogP contribution in [0.25, 0.3) is 0 Å². The number of aryl methyl sites for hydroxylation is 2. The van der Waals surface area contributed by atoms with Crippen molar-refractivity contribution in [3.05, 3.63) is 103 Å². The molecule has 3 aromatic rings. The van der Waals surface area contributed by atoms with Gasteiger partial charge in [0.25, 0.3) is 5.56 Å². The number of anilines is 1. The van der Waals surface area contributed by atoms with Crippen LogP contribution in [0.15, 0.2) is 74.5 Å². The summed E-state index contributed by atoms with van der Waals surface area (Å²) in [6, 6.07) is 7.32. The number of halogens is 1. The molecule has 0 aliphatic carbocycles. The van der Waals surface area contributed by atoms with Crippen molar-refractivity contribution in [2.45, 2.75) is 40.0 Å². The van der Waals surface area contributed by atoms with Crippen LogP contribution in [0.4, 0.5) is 5.69 Å². The lowest BCUT2D eigenvalue weighted by atomic mass is 10.2. The standard InChI is InChI=1S/C17H18ClNO2S.C10H12N2O4/c1-11(2)6-8-21-16-10-13(4-5-15(16)18)19-17(22)14-7-9-20-12(14)3;1-6-4-12(10(15)11-9(6)14)8-3-2-7(5-13)16-8/h4-7,9-10H,8H2,1-3H3,(H,19,22);2-4,7-8,13H,5H2,1H3,(H,11,14,15)/t;7-,8+/m.0/s1. The highest BCUT2D eigenvalue weighted by atomic mass is 35.5. The number of thiocarbonyl (C=S) groups is 1. The molecule has 0 spiro atoms. The lowest BCUT2D eigenvalue weighted by Gasteiger charge is -2.14. The largest absolute Gasteiger partial charge is 0.488 e. The summed E-state index contributed by atoms with van der Waals surface area (Å²) in [6.45, 7) is 7.88. The summed E-state index contributed by atoms with van der Waals surface area (Å²) < 4.78 is 17.6. The third-order valence-corrected chi connectivity index (χ3v) is 6.06. The van der Waals surface area contributed by atoms with Crippen LogP contribution in [0, 0.1) is 13.8 Å². The summed E-state index contributed by atoms with van der Waals surface area (Å²) in [4.78, 5) is 25.5. The maximum Gasteiger partial charge on any atom is 0.330 e. The zero-order valence-corrected chi connectivity index (χ0v) is 23.1. The Balaban J connectivity index is 0.000000221. The van der Waals surface area contributed by atoms with Gasteiger partial charge >= 0.3 is 5.69 Å². The van der Waals surface area contributed by atoms with Gasteiger partial charge in [-0.25, -0.2) is 4.79 Å². The maximum absolute atomic E-state index is 11.5. The average molecular weight is 560 g/mol. The Morgan fingerprint density at radius 2 is 2.03 bits per heavy atom. The third kappa shape index (κ3) is 7.78. The fraction of sp³-hybridized carbons (Fsp3) is 0.296. The van der Waals surface area contributed by atoms with Crippen molar-refractivity contribution >= 4 is 34.5 Å². The minimum absolute atomic E-state index is 0.135. The number of benzene rings is 1.